The monoisotopic (exact) mass is 129 g/mol. The van der Waals surface area contributed by atoms with E-state index in [0.717, 1.165) is 19.4 Å². The van der Waals surface area contributed by atoms with Gasteiger partial charge in [-0.2, -0.15) is 0 Å². The maximum Gasteiger partial charge on any atom is 0.226 e. The van der Waals surface area contributed by atoms with Gasteiger partial charge in [0, 0.05) is 13.1 Å². The molecule has 9 heavy (non-hydrogen) atoms. The molecule has 1 fully saturated rings. The van der Waals surface area contributed by atoms with Gasteiger partial charge in [0.15, 0.2) is 0 Å². The SMILES string of the molecule is C=NOC1CCCCO1. The molecule has 1 aliphatic rings. The second kappa shape index (κ2) is 3.45. The van der Waals surface area contributed by atoms with Gasteiger partial charge in [-0.1, -0.05) is 5.16 Å². The highest BCUT2D eigenvalue weighted by atomic mass is 16.8. The molecule has 0 aromatic carbocycles. The summed E-state index contributed by atoms with van der Waals surface area (Å²) in [5.74, 6) is 0. The van der Waals surface area contributed by atoms with Crippen LogP contribution in [0, 0.1) is 0 Å². The molecular formula is C6H11NO2. The lowest BCUT2D eigenvalue weighted by Crippen LogP contribution is -2.19. The van der Waals surface area contributed by atoms with Crippen molar-refractivity contribution in [3.8, 4) is 0 Å². The summed E-state index contributed by atoms with van der Waals surface area (Å²) < 4.78 is 5.16. The lowest BCUT2D eigenvalue weighted by atomic mass is 10.2. The van der Waals surface area contributed by atoms with Crippen molar-refractivity contribution in [3.63, 3.8) is 0 Å². The van der Waals surface area contributed by atoms with E-state index >= 15 is 0 Å². The fraction of sp³-hybridized carbons (Fsp3) is 0.833. The van der Waals surface area contributed by atoms with Crippen molar-refractivity contribution in [2.75, 3.05) is 6.61 Å². The largest absolute Gasteiger partial charge is 0.364 e. The molecule has 1 aliphatic heterocycles. The minimum Gasteiger partial charge on any atom is -0.364 e. The molecule has 0 spiro atoms. The zero-order valence-electron chi connectivity index (χ0n) is 5.38. The Bertz CT molecular complexity index is 89.1. The predicted molar refractivity (Wildman–Crippen MR) is 34.2 cm³/mol. The van der Waals surface area contributed by atoms with Crippen LogP contribution in [0.3, 0.4) is 0 Å². The van der Waals surface area contributed by atoms with Crippen molar-refractivity contribution < 1.29 is 9.57 Å². The highest BCUT2D eigenvalue weighted by Gasteiger charge is 2.13. The van der Waals surface area contributed by atoms with Crippen LogP contribution in [0.2, 0.25) is 0 Å². The molecule has 1 saturated heterocycles. The first-order chi connectivity index (χ1) is 4.43. The van der Waals surface area contributed by atoms with E-state index in [1.54, 1.807) is 0 Å². The molecule has 0 aromatic heterocycles. The molecule has 1 heterocycles. The molecule has 0 aliphatic carbocycles. The number of hydrogen-bond acceptors (Lipinski definition) is 3. The van der Waals surface area contributed by atoms with Crippen LogP contribution in [-0.2, 0) is 9.57 Å². The molecule has 1 rings (SSSR count). The number of oxime groups is 1. The Hall–Kier alpha value is -0.570. The Morgan fingerprint density at radius 3 is 3.00 bits per heavy atom. The number of nitrogens with zero attached hydrogens (tertiary/aromatic N) is 1. The fourth-order valence-electron chi connectivity index (χ4n) is 0.877. The Labute approximate surface area is 54.6 Å². The second-order valence-corrected chi connectivity index (χ2v) is 2.03. The van der Waals surface area contributed by atoms with Crippen LogP contribution in [0.15, 0.2) is 5.16 Å². The van der Waals surface area contributed by atoms with Crippen LogP contribution in [0.4, 0.5) is 0 Å². The van der Waals surface area contributed by atoms with E-state index in [1.165, 1.54) is 6.42 Å². The Balaban J connectivity index is 2.15. The quantitative estimate of drug-likeness (QED) is 0.413. The molecule has 0 saturated carbocycles. The van der Waals surface area contributed by atoms with Crippen molar-refractivity contribution in [1.29, 1.82) is 0 Å². The number of rotatable bonds is 2. The first kappa shape index (κ1) is 6.55. The van der Waals surface area contributed by atoms with Gasteiger partial charge in [0.2, 0.25) is 6.29 Å². The van der Waals surface area contributed by atoms with Gasteiger partial charge in [0.1, 0.15) is 0 Å². The van der Waals surface area contributed by atoms with Gasteiger partial charge in [0.25, 0.3) is 0 Å². The van der Waals surface area contributed by atoms with Crippen LogP contribution >= 0.6 is 0 Å². The second-order valence-electron chi connectivity index (χ2n) is 2.03. The van der Waals surface area contributed by atoms with Crippen LogP contribution < -0.4 is 0 Å². The van der Waals surface area contributed by atoms with Crippen molar-refractivity contribution >= 4 is 6.72 Å². The minimum atomic E-state index is -0.128. The predicted octanol–water partition coefficient (Wildman–Crippen LogP) is 1.15. The lowest BCUT2D eigenvalue weighted by molar-refractivity contribution is -0.161. The van der Waals surface area contributed by atoms with Crippen molar-refractivity contribution in [1.82, 2.24) is 0 Å². The Kier molecular flexibility index (Phi) is 2.51. The zero-order chi connectivity index (χ0) is 6.53. The molecule has 1 unspecified atom stereocenters. The maximum absolute atomic E-state index is 5.16. The van der Waals surface area contributed by atoms with E-state index in [2.05, 4.69) is 11.9 Å². The maximum atomic E-state index is 5.16. The Morgan fingerprint density at radius 2 is 2.44 bits per heavy atom. The normalized spacial score (nSPS) is 27.3. The molecule has 3 nitrogen and oxygen atoms in total. The van der Waals surface area contributed by atoms with Gasteiger partial charge in [0.05, 0.1) is 6.61 Å². The third-order valence-electron chi connectivity index (χ3n) is 1.33. The van der Waals surface area contributed by atoms with Crippen molar-refractivity contribution in [2.24, 2.45) is 5.16 Å². The molecule has 0 aromatic rings. The summed E-state index contributed by atoms with van der Waals surface area (Å²) in [6, 6.07) is 0. The van der Waals surface area contributed by atoms with Gasteiger partial charge in [-0.15, -0.1) is 0 Å². The molecule has 0 N–H and O–H groups in total. The van der Waals surface area contributed by atoms with Crippen LogP contribution in [0.5, 0.6) is 0 Å². The summed E-state index contributed by atoms with van der Waals surface area (Å²) >= 11 is 0. The molecule has 52 valence electrons. The highest BCUT2D eigenvalue weighted by Crippen LogP contribution is 2.13. The summed E-state index contributed by atoms with van der Waals surface area (Å²) in [6.45, 7) is 3.99. The number of hydrogen-bond donors (Lipinski definition) is 0. The van der Waals surface area contributed by atoms with E-state index in [0.29, 0.717) is 0 Å². The third-order valence-corrected chi connectivity index (χ3v) is 1.33. The minimum absolute atomic E-state index is 0.128. The van der Waals surface area contributed by atoms with Crippen LogP contribution in [0.25, 0.3) is 0 Å². The van der Waals surface area contributed by atoms with E-state index in [9.17, 15) is 0 Å². The fourth-order valence-corrected chi connectivity index (χ4v) is 0.877. The van der Waals surface area contributed by atoms with Crippen LogP contribution in [0.1, 0.15) is 19.3 Å². The van der Waals surface area contributed by atoms with Crippen LogP contribution in [-0.4, -0.2) is 19.6 Å². The van der Waals surface area contributed by atoms with Gasteiger partial charge < -0.3 is 9.57 Å². The molecule has 3 heteroatoms. The summed E-state index contributed by atoms with van der Waals surface area (Å²) in [7, 11) is 0. The smallest absolute Gasteiger partial charge is 0.226 e. The first-order valence-electron chi connectivity index (χ1n) is 3.17. The average molecular weight is 129 g/mol. The standard InChI is InChI=1S/C6H11NO2/c1-7-9-6-4-2-3-5-8-6/h6H,1-5H2. The van der Waals surface area contributed by atoms with E-state index < -0.39 is 0 Å². The van der Waals surface area contributed by atoms with E-state index in [4.69, 9.17) is 9.57 Å². The van der Waals surface area contributed by atoms with Gasteiger partial charge in [-0.3, -0.25) is 0 Å². The number of ether oxygens (including phenoxy) is 1. The third kappa shape index (κ3) is 2.01. The summed E-state index contributed by atoms with van der Waals surface area (Å²) in [5.41, 5.74) is 0. The summed E-state index contributed by atoms with van der Waals surface area (Å²) in [6.07, 6.45) is 3.12. The van der Waals surface area contributed by atoms with E-state index in [-0.39, 0.29) is 6.29 Å². The molecular weight excluding hydrogens is 118 g/mol. The topological polar surface area (TPSA) is 30.8 Å². The highest BCUT2D eigenvalue weighted by molar-refractivity contribution is 5.21. The molecule has 0 amide bonds. The Morgan fingerprint density at radius 1 is 1.56 bits per heavy atom. The zero-order valence-corrected chi connectivity index (χ0v) is 5.38. The molecule has 1 atom stereocenters. The van der Waals surface area contributed by atoms with Crippen molar-refractivity contribution in [3.05, 3.63) is 0 Å². The molecule has 0 radical (unpaired) electrons. The summed E-state index contributed by atoms with van der Waals surface area (Å²) in [4.78, 5) is 4.77. The van der Waals surface area contributed by atoms with Crippen molar-refractivity contribution in [2.45, 2.75) is 25.6 Å². The van der Waals surface area contributed by atoms with Gasteiger partial charge >= 0.3 is 0 Å². The van der Waals surface area contributed by atoms with Gasteiger partial charge in [-0.05, 0) is 12.8 Å². The van der Waals surface area contributed by atoms with E-state index in [1.807, 2.05) is 0 Å². The first-order valence-corrected chi connectivity index (χ1v) is 3.17. The molecule has 0 bridgehead atoms. The average Bonchev–Trinajstić information content (AvgIpc) is 1.91. The lowest BCUT2D eigenvalue weighted by Gasteiger charge is -2.19. The van der Waals surface area contributed by atoms with Gasteiger partial charge in [-0.25, -0.2) is 0 Å². The summed E-state index contributed by atoms with van der Waals surface area (Å²) in [5, 5.41) is 3.28.